The Morgan fingerprint density at radius 2 is 2.06 bits per heavy atom. The second-order valence-corrected chi connectivity index (χ2v) is 3.67. The van der Waals surface area contributed by atoms with E-state index >= 15 is 0 Å². The van der Waals surface area contributed by atoms with Gasteiger partial charge in [0.05, 0.1) is 6.61 Å². The zero-order valence-corrected chi connectivity index (χ0v) is 10.7. The lowest BCUT2D eigenvalue weighted by atomic mass is 10.3. The lowest BCUT2D eigenvalue weighted by Gasteiger charge is -2.20. The molecule has 0 aromatic carbocycles. The van der Waals surface area contributed by atoms with Crippen LogP contribution in [-0.2, 0) is 9.47 Å². The number of H-pyrrole nitrogens is 1. The molecule has 1 aromatic heterocycles. The first-order valence-electron chi connectivity index (χ1n) is 5.64. The summed E-state index contributed by atoms with van der Waals surface area (Å²) in [4.78, 5) is 17.5. The van der Waals surface area contributed by atoms with Crippen LogP contribution < -0.4 is 5.73 Å². The molecular weight excluding hydrogens is 238 g/mol. The highest BCUT2D eigenvalue weighted by atomic mass is 16.5. The minimum atomic E-state index is -0.243. The predicted octanol–water partition coefficient (Wildman–Crippen LogP) is -0.488. The van der Waals surface area contributed by atoms with Gasteiger partial charge in [0.1, 0.15) is 0 Å². The number of aromatic amines is 1. The van der Waals surface area contributed by atoms with Crippen LogP contribution in [-0.4, -0.2) is 66.5 Å². The number of carbonyl (C=O) groups excluding carboxylic acids is 1. The molecule has 0 spiro atoms. The molecule has 3 N–H and O–H groups in total. The van der Waals surface area contributed by atoms with Gasteiger partial charge in [-0.3, -0.25) is 9.89 Å². The second-order valence-electron chi connectivity index (χ2n) is 3.67. The highest BCUT2D eigenvalue weighted by molar-refractivity contribution is 5.90. The fourth-order valence-corrected chi connectivity index (χ4v) is 1.44. The molecule has 0 aliphatic heterocycles. The van der Waals surface area contributed by atoms with Gasteiger partial charge >= 0.3 is 0 Å². The van der Waals surface area contributed by atoms with Crippen LogP contribution in [0.5, 0.6) is 0 Å². The molecule has 1 aromatic rings. The van der Waals surface area contributed by atoms with E-state index in [1.54, 1.807) is 19.1 Å². The second kappa shape index (κ2) is 7.62. The van der Waals surface area contributed by atoms with Crippen molar-refractivity contribution in [1.29, 1.82) is 0 Å². The van der Waals surface area contributed by atoms with Crippen molar-refractivity contribution in [2.45, 2.75) is 6.42 Å². The maximum absolute atomic E-state index is 12.1. The number of nitrogen functional groups attached to an aromatic ring is 1. The Hall–Kier alpha value is -1.67. The van der Waals surface area contributed by atoms with Gasteiger partial charge in [0.2, 0.25) is 11.8 Å². The van der Waals surface area contributed by atoms with Gasteiger partial charge < -0.3 is 20.1 Å². The zero-order chi connectivity index (χ0) is 13.4. The van der Waals surface area contributed by atoms with Crippen LogP contribution in [0.15, 0.2) is 0 Å². The molecule has 0 fully saturated rings. The molecule has 1 heterocycles. The number of carbonyl (C=O) groups is 1. The first-order valence-corrected chi connectivity index (χ1v) is 5.64. The molecule has 0 aliphatic rings. The van der Waals surface area contributed by atoms with E-state index in [0.717, 1.165) is 6.42 Å². The number of rotatable bonds is 8. The van der Waals surface area contributed by atoms with Gasteiger partial charge in [0.25, 0.3) is 5.91 Å². The van der Waals surface area contributed by atoms with Gasteiger partial charge in [-0.15, -0.1) is 5.10 Å². The molecule has 0 bridgehead atoms. The van der Waals surface area contributed by atoms with Gasteiger partial charge in [-0.25, -0.2) is 0 Å². The van der Waals surface area contributed by atoms with Gasteiger partial charge in [-0.2, -0.15) is 4.98 Å². The maximum atomic E-state index is 12.1. The van der Waals surface area contributed by atoms with Gasteiger partial charge in [0.15, 0.2) is 0 Å². The summed E-state index contributed by atoms with van der Waals surface area (Å²) in [6.45, 7) is 2.11. The van der Waals surface area contributed by atoms with Crippen molar-refractivity contribution < 1.29 is 14.3 Å². The average Bonchev–Trinajstić information content (AvgIpc) is 2.79. The third kappa shape index (κ3) is 4.30. The van der Waals surface area contributed by atoms with Gasteiger partial charge in [-0.1, -0.05) is 0 Å². The van der Waals surface area contributed by atoms with Crippen LogP contribution in [0.2, 0.25) is 0 Å². The quantitative estimate of drug-likeness (QED) is 0.609. The average molecular weight is 257 g/mol. The Morgan fingerprint density at radius 1 is 1.33 bits per heavy atom. The third-order valence-electron chi connectivity index (χ3n) is 2.33. The van der Waals surface area contributed by atoms with Crippen molar-refractivity contribution in [3.05, 3.63) is 5.82 Å². The van der Waals surface area contributed by atoms with Crippen molar-refractivity contribution >= 4 is 11.9 Å². The molecular formula is C10H19N5O3. The Kier molecular flexibility index (Phi) is 6.09. The van der Waals surface area contributed by atoms with Crippen LogP contribution in [0.25, 0.3) is 0 Å². The number of aromatic nitrogens is 3. The van der Waals surface area contributed by atoms with Crippen molar-refractivity contribution in [2.24, 2.45) is 0 Å². The van der Waals surface area contributed by atoms with Gasteiger partial charge in [-0.05, 0) is 6.42 Å². The summed E-state index contributed by atoms with van der Waals surface area (Å²) in [5, 5.41) is 6.14. The molecule has 0 saturated heterocycles. The monoisotopic (exact) mass is 257 g/mol. The van der Waals surface area contributed by atoms with E-state index in [0.29, 0.717) is 26.3 Å². The summed E-state index contributed by atoms with van der Waals surface area (Å²) in [5.74, 6) is -0.0460. The van der Waals surface area contributed by atoms with Crippen molar-refractivity contribution in [3.63, 3.8) is 0 Å². The molecule has 0 unspecified atom stereocenters. The van der Waals surface area contributed by atoms with E-state index in [1.807, 2.05) is 0 Å². The molecule has 1 amide bonds. The normalized spacial score (nSPS) is 10.6. The Labute approximate surface area is 105 Å². The van der Waals surface area contributed by atoms with Crippen molar-refractivity contribution in [2.75, 3.05) is 46.3 Å². The standard InChI is InChI=1S/C10H19N5O3/c1-17-6-3-4-15(5-7-18-2)9(16)8-12-10(11)14-13-8/h3-7H2,1-2H3,(H3,11,12,13,14). The third-order valence-corrected chi connectivity index (χ3v) is 2.33. The van der Waals surface area contributed by atoms with E-state index in [1.165, 1.54) is 0 Å². The summed E-state index contributed by atoms with van der Waals surface area (Å²) in [7, 11) is 3.21. The van der Waals surface area contributed by atoms with E-state index in [9.17, 15) is 4.79 Å². The van der Waals surface area contributed by atoms with Crippen LogP contribution >= 0.6 is 0 Å². The van der Waals surface area contributed by atoms with E-state index < -0.39 is 0 Å². The fraction of sp³-hybridized carbons (Fsp3) is 0.700. The van der Waals surface area contributed by atoms with Crippen LogP contribution in [0.1, 0.15) is 17.0 Å². The fourth-order valence-electron chi connectivity index (χ4n) is 1.44. The minimum absolute atomic E-state index is 0.0573. The number of nitrogens with zero attached hydrogens (tertiary/aromatic N) is 3. The SMILES string of the molecule is COCCCN(CCOC)C(=O)c1nc(N)n[nH]1. The molecule has 0 saturated carbocycles. The van der Waals surface area contributed by atoms with Crippen molar-refractivity contribution in [3.8, 4) is 0 Å². The molecule has 0 aliphatic carbocycles. The highest BCUT2D eigenvalue weighted by Crippen LogP contribution is 2.02. The number of nitrogens with two attached hydrogens (primary N) is 1. The van der Waals surface area contributed by atoms with E-state index in [2.05, 4.69) is 15.2 Å². The minimum Gasteiger partial charge on any atom is -0.385 e. The zero-order valence-electron chi connectivity index (χ0n) is 10.7. The molecule has 8 nitrogen and oxygen atoms in total. The van der Waals surface area contributed by atoms with Crippen LogP contribution in [0.4, 0.5) is 5.95 Å². The number of ether oxygens (including phenoxy) is 2. The van der Waals surface area contributed by atoms with Crippen LogP contribution in [0, 0.1) is 0 Å². The summed E-state index contributed by atoms with van der Waals surface area (Å²) >= 11 is 0. The number of hydrogen-bond donors (Lipinski definition) is 2. The van der Waals surface area contributed by atoms with Crippen molar-refractivity contribution in [1.82, 2.24) is 20.1 Å². The molecule has 1 rings (SSSR count). The lowest BCUT2D eigenvalue weighted by Crippen LogP contribution is -2.36. The maximum Gasteiger partial charge on any atom is 0.291 e. The smallest absolute Gasteiger partial charge is 0.291 e. The molecule has 8 heteroatoms. The van der Waals surface area contributed by atoms with Gasteiger partial charge in [0, 0.05) is 33.9 Å². The lowest BCUT2D eigenvalue weighted by molar-refractivity contribution is 0.0663. The Bertz CT molecular complexity index is 368. The highest BCUT2D eigenvalue weighted by Gasteiger charge is 2.18. The number of hydrogen-bond acceptors (Lipinski definition) is 6. The first-order chi connectivity index (χ1) is 8.69. The first kappa shape index (κ1) is 14.4. The Balaban J connectivity index is 2.59. The Morgan fingerprint density at radius 3 is 2.61 bits per heavy atom. The molecule has 102 valence electrons. The number of nitrogens with one attached hydrogen (secondary N) is 1. The van der Waals surface area contributed by atoms with Crippen LogP contribution in [0.3, 0.4) is 0 Å². The number of amides is 1. The van der Waals surface area contributed by atoms with E-state index in [-0.39, 0.29) is 17.7 Å². The predicted molar refractivity (Wildman–Crippen MR) is 65.1 cm³/mol. The summed E-state index contributed by atoms with van der Waals surface area (Å²) < 4.78 is 9.94. The largest absolute Gasteiger partial charge is 0.385 e. The molecule has 0 radical (unpaired) electrons. The summed E-state index contributed by atoms with van der Waals surface area (Å²) in [6, 6.07) is 0. The van der Waals surface area contributed by atoms with E-state index in [4.69, 9.17) is 15.2 Å². The summed E-state index contributed by atoms with van der Waals surface area (Å²) in [6.07, 6.45) is 0.746. The number of methoxy groups -OCH3 is 2. The topological polar surface area (TPSA) is 106 Å². The molecule has 18 heavy (non-hydrogen) atoms. The number of anilines is 1. The molecule has 0 atom stereocenters. The summed E-state index contributed by atoms with van der Waals surface area (Å²) in [5.41, 5.74) is 5.37.